The number of aromatic hydroxyl groups is 1. The zero-order valence-electron chi connectivity index (χ0n) is 9.07. The third-order valence-electron chi connectivity index (χ3n) is 2.73. The van der Waals surface area contributed by atoms with Gasteiger partial charge in [-0.15, -0.1) is 0 Å². The summed E-state index contributed by atoms with van der Waals surface area (Å²) in [5, 5.41) is 10.5. The van der Waals surface area contributed by atoms with Crippen molar-refractivity contribution in [3.05, 3.63) is 64.2 Å². The van der Waals surface area contributed by atoms with Crippen LogP contribution < -0.4 is 0 Å². The standard InChI is InChI=1S/C14H13ClO/c1-10-12(14(16)8-7-13(10)15)9-11-5-3-2-4-6-11/h2-8,16H,9H2,1H3. The Morgan fingerprint density at radius 2 is 1.75 bits per heavy atom. The molecular formula is C14H13ClO. The summed E-state index contributed by atoms with van der Waals surface area (Å²) in [5.41, 5.74) is 3.02. The molecule has 0 heterocycles. The average molecular weight is 233 g/mol. The highest BCUT2D eigenvalue weighted by Gasteiger charge is 2.08. The maximum Gasteiger partial charge on any atom is 0.119 e. The van der Waals surface area contributed by atoms with Gasteiger partial charge in [-0.3, -0.25) is 0 Å². The molecule has 0 fully saturated rings. The summed E-state index contributed by atoms with van der Waals surface area (Å²) >= 11 is 6.04. The van der Waals surface area contributed by atoms with Crippen LogP contribution in [-0.4, -0.2) is 5.11 Å². The van der Waals surface area contributed by atoms with Crippen LogP contribution in [0, 0.1) is 6.92 Å². The van der Waals surface area contributed by atoms with Gasteiger partial charge in [-0.25, -0.2) is 0 Å². The molecule has 0 unspecified atom stereocenters. The monoisotopic (exact) mass is 232 g/mol. The van der Waals surface area contributed by atoms with Gasteiger partial charge in [-0.1, -0.05) is 41.9 Å². The van der Waals surface area contributed by atoms with Gasteiger partial charge < -0.3 is 5.11 Å². The summed E-state index contributed by atoms with van der Waals surface area (Å²) in [6, 6.07) is 13.4. The quantitative estimate of drug-likeness (QED) is 0.832. The fourth-order valence-corrected chi connectivity index (χ4v) is 1.91. The van der Waals surface area contributed by atoms with E-state index in [9.17, 15) is 5.11 Å². The molecule has 1 nitrogen and oxygen atoms in total. The summed E-state index contributed by atoms with van der Waals surface area (Å²) in [6.45, 7) is 1.93. The van der Waals surface area contributed by atoms with Gasteiger partial charge >= 0.3 is 0 Å². The van der Waals surface area contributed by atoms with E-state index in [4.69, 9.17) is 11.6 Å². The molecule has 0 amide bonds. The van der Waals surface area contributed by atoms with E-state index in [-0.39, 0.29) is 0 Å². The lowest BCUT2D eigenvalue weighted by Gasteiger charge is -2.10. The predicted octanol–water partition coefficient (Wildman–Crippen LogP) is 3.94. The summed E-state index contributed by atoms with van der Waals surface area (Å²) in [4.78, 5) is 0. The van der Waals surface area contributed by atoms with Crippen LogP contribution in [0.1, 0.15) is 16.7 Å². The minimum absolute atomic E-state index is 0.311. The third kappa shape index (κ3) is 2.20. The van der Waals surface area contributed by atoms with Crippen LogP contribution in [0.2, 0.25) is 5.02 Å². The van der Waals surface area contributed by atoms with E-state index in [2.05, 4.69) is 0 Å². The molecule has 0 radical (unpaired) electrons. The number of phenolic OH excluding ortho intramolecular Hbond substituents is 1. The first kappa shape index (κ1) is 11.0. The lowest BCUT2D eigenvalue weighted by atomic mass is 9.99. The van der Waals surface area contributed by atoms with E-state index in [1.165, 1.54) is 5.56 Å². The lowest BCUT2D eigenvalue weighted by molar-refractivity contribution is 0.469. The molecule has 0 aliphatic carbocycles. The van der Waals surface area contributed by atoms with Crippen molar-refractivity contribution >= 4 is 11.6 Å². The Hall–Kier alpha value is -1.47. The van der Waals surface area contributed by atoms with Crippen molar-refractivity contribution in [2.24, 2.45) is 0 Å². The second kappa shape index (κ2) is 4.58. The lowest BCUT2D eigenvalue weighted by Crippen LogP contribution is -1.93. The highest BCUT2D eigenvalue weighted by molar-refractivity contribution is 6.31. The summed E-state index contributed by atoms with van der Waals surface area (Å²) in [5.74, 6) is 0.311. The van der Waals surface area contributed by atoms with Crippen LogP contribution >= 0.6 is 11.6 Å². The molecule has 1 N–H and O–H groups in total. The summed E-state index contributed by atoms with van der Waals surface area (Å²) < 4.78 is 0. The van der Waals surface area contributed by atoms with Crippen LogP contribution in [0.5, 0.6) is 5.75 Å². The second-order valence-electron chi connectivity index (χ2n) is 3.83. The topological polar surface area (TPSA) is 20.2 Å². The number of rotatable bonds is 2. The Balaban J connectivity index is 2.38. The number of hydrogen-bond acceptors (Lipinski definition) is 1. The smallest absolute Gasteiger partial charge is 0.119 e. The molecule has 82 valence electrons. The minimum Gasteiger partial charge on any atom is -0.508 e. The van der Waals surface area contributed by atoms with Crippen molar-refractivity contribution in [3.63, 3.8) is 0 Å². The van der Waals surface area contributed by atoms with Crippen molar-refractivity contribution < 1.29 is 5.11 Å². The number of phenols is 1. The molecule has 0 aliphatic rings. The zero-order valence-corrected chi connectivity index (χ0v) is 9.83. The van der Waals surface area contributed by atoms with Gasteiger partial charge in [0, 0.05) is 17.0 Å². The van der Waals surface area contributed by atoms with Gasteiger partial charge in [0.05, 0.1) is 0 Å². The van der Waals surface area contributed by atoms with Crippen molar-refractivity contribution in [2.75, 3.05) is 0 Å². The number of hydrogen-bond donors (Lipinski definition) is 1. The average Bonchev–Trinajstić information content (AvgIpc) is 2.31. The highest BCUT2D eigenvalue weighted by atomic mass is 35.5. The molecule has 0 aromatic heterocycles. The van der Waals surface area contributed by atoms with E-state index in [0.717, 1.165) is 11.1 Å². The fraction of sp³-hybridized carbons (Fsp3) is 0.143. The first-order valence-electron chi connectivity index (χ1n) is 5.19. The largest absolute Gasteiger partial charge is 0.508 e. The Bertz CT molecular complexity index is 492. The number of benzene rings is 2. The van der Waals surface area contributed by atoms with Crippen molar-refractivity contribution in [1.82, 2.24) is 0 Å². The molecule has 2 aromatic rings. The molecule has 0 saturated heterocycles. The van der Waals surface area contributed by atoms with Crippen molar-refractivity contribution in [3.8, 4) is 5.75 Å². The molecule has 2 rings (SSSR count). The number of halogens is 1. The Morgan fingerprint density at radius 1 is 1.06 bits per heavy atom. The first-order chi connectivity index (χ1) is 7.68. The van der Waals surface area contributed by atoms with E-state index < -0.39 is 0 Å². The SMILES string of the molecule is Cc1c(Cl)ccc(O)c1Cc1ccccc1. The Kier molecular flexibility index (Phi) is 3.16. The first-order valence-corrected chi connectivity index (χ1v) is 5.57. The fourth-order valence-electron chi connectivity index (χ4n) is 1.74. The highest BCUT2D eigenvalue weighted by Crippen LogP contribution is 2.29. The van der Waals surface area contributed by atoms with Gasteiger partial charge in [0.1, 0.15) is 5.75 Å². The van der Waals surface area contributed by atoms with E-state index in [1.54, 1.807) is 12.1 Å². The van der Waals surface area contributed by atoms with Gasteiger partial charge in [0.15, 0.2) is 0 Å². The van der Waals surface area contributed by atoms with Crippen LogP contribution in [0.3, 0.4) is 0 Å². The van der Waals surface area contributed by atoms with Crippen LogP contribution in [-0.2, 0) is 6.42 Å². The molecule has 0 aliphatic heterocycles. The van der Waals surface area contributed by atoms with Crippen LogP contribution in [0.15, 0.2) is 42.5 Å². The molecule has 0 spiro atoms. The van der Waals surface area contributed by atoms with Gasteiger partial charge in [0.2, 0.25) is 0 Å². The van der Waals surface area contributed by atoms with Crippen molar-refractivity contribution in [1.29, 1.82) is 0 Å². The van der Waals surface area contributed by atoms with E-state index >= 15 is 0 Å². The maximum atomic E-state index is 9.82. The Morgan fingerprint density at radius 3 is 2.44 bits per heavy atom. The van der Waals surface area contributed by atoms with Gasteiger partial charge in [-0.05, 0) is 30.2 Å². The second-order valence-corrected chi connectivity index (χ2v) is 4.24. The summed E-state index contributed by atoms with van der Waals surface area (Å²) in [7, 11) is 0. The molecule has 2 heteroatoms. The van der Waals surface area contributed by atoms with E-state index in [0.29, 0.717) is 17.2 Å². The molecule has 0 bridgehead atoms. The van der Waals surface area contributed by atoms with Gasteiger partial charge in [-0.2, -0.15) is 0 Å². The molecular weight excluding hydrogens is 220 g/mol. The normalized spacial score (nSPS) is 10.4. The third-order valence-corrected chi connectivity index (χ3v) is 3.14. The molecule has 2 aromatic carbocycles. The minimum atomic E-state index is 0.311. The van der Waals surface area contributed by atoms with Crippen LogP contribution in [0.25, 0.3) is 0 Å². The molecule has 0 atom stereocenters. The van der Waals surface area contributed by atoms with Gasteiger partial charge in [0.25, 0.3) is 0 Å². The zero-order chi connectivity index (χ0) is 11.5. The van der Waals surface area contributed by atoms with E-state index in [1.807, 2.05) is 37.3 Å². The maximum absolute atomic E-state index is 9.82. The Labute approximate surface area is 100 Å². The predicted molar refractivity (Wildman–Crippen MR) is 67.1 cm³/mol. The van der Waals surface area contributed by atoms with Crippen LogP contribution in [0.4, 0.5) is 0 Å². The molecule has 16 heavy (non-hydrogen) atoms. The molecule has 0 saturated carbocycles. The summed E-state index contributed by atoms with van der Waals surface area (Å²) in [6.07, 6.45) is 0.707. The van der Waals surface area contributed by atoms with Crippen molar-refractivity contribution in [2.45, 2.75) is 13.3 Å².